The Balaban J connectivity index is 2.39. The molecule has 0 spiro atoms. The molecule has 9 heavy (non-hydrogen) atoms. The first-order valence-corrected chi connectivity index (χ1v) is 3.95. The molecule has 0 aromatic carbocycles. The van der Waals surface area contributed by atoms with Crippen molar-refractivity contribution in [2.24, 2.45) is 0 Å². The summed E-state index contributed by atoms with van der Waals surface area (Å²) in [6.07, 6.45) is 2.23. The van der Waals surface area contributed by atoms with Crippen LogP contribution in [0.25, 0.3) is 0 Å². The minimum Gasteiger partial charge on any atom is -0.311 e. The first-order chi connectivity index (χ1) is 4.47. The van der Waals surface area contributed by atoms with E-state index in [2.05, 4.69) is 23.2 Å². The second-order valence-corrected chi connectivity index (χ2v) is 3.13. The number of fused-ring (bicyclic) bond motifs is 1. The topological polar surface area (TPSA) is 12.0 Å². The normalized spacial score (nSPS) is 17.3. The standard InChI is InChI=1S/C7H8NS/c1-3-8-5-7-6(1)2-4-9-7/h1-2,4,8H,3,5H2. The molecule has 0 amide bonds. The van der Waals surface area contributed by atoms with Crippen molar-refractivity contribution in [3.8, 4) is 0 Å². The maximum atomic E-state index is 3.28. The lowest BCUT2D eigenvalue weighted by Gasteiger charge is -2.10. The molecule has 2 heterocycles. The SMILES string of the molecule is [CH]1CNCc2sccc21. The highest BCUT2D eigenvalue weighted by atomic mass is 32.1. The van der Waals surface area contributed by atoms with Gasteiger partial charge >= 0.3 is 0 Å². The maximum Gasteiger partial charge on any atom is 0.0302 e. The van der Waals surface area contributed by atoms with E-state index in [0.29, 0.717) is 0 Å². The zero-order valence-electron chi connectivity index (χ0n) is 5.05. The average molecular weight is 138 g/mol. The van der Waals surface area contributed by atoms with Crippen LogP contribution in [0.4, 0.5) is 0 Å². The summed E-state index contributed by atoms with van der Waals surface area (Å²) in [5.74, 6) is 0. The molecule has 1 N–H and O–H groups in total. The van der Waals surface area contributed by atoms with Crippen LogP contribution >= 0.6 is 11.3 Å². The van der Waals surface area contributed by atoms with Crippen LogP contribution in [0.1, 0.15) is 10.4 Å². The van der Waals surface area contributed by atoms with Gasteiger partial charge in [-0.3, -0.25) is 0 Å². The van der Waals surface area contributed by atoms with Gasteiger partial charge in [0.05, 0.1) is 0 Å². The van der Waals surface area contributed by atoms with E-state index in [-0.39, 0.29) is 0 Å². The van der Waals surface area contributed by atoms with E-state index in [9.17, 15) is 0 Å². The molecule has 0 fully saturated rings. The minimum absolute atomic E-state index is 1.03. The van der Waals surface area contributed by atoms with Crippen molar-refractivity contribution < 1.29 is 0 Å². The molecule has 0 saturated heterocycles. The zero-order chi connectivity index (χ0) is 6.10. The largest absolute Gasteiger partial charge is 0.311 e. The van der Waals surface area contributed by atoms with Gasteiger partial charge in [-0.1, -0.05) is 0 Å². The van der Waals surface area contributed by atoms with E-state index in [0.717, 1.165) is 13.1 Å². The van der Waals surface area contributed by atoms with Gasteiger partial charge in [0.25, 0.3) is 0 Å². The van der Waals surface area contributed by atoms with Gasteiger partial charge in [-0.15, -0.1) is 11.3 Å². The third kappa shape index (κ3) is 0.884. The summed E-state index contributed by atoms with van der Waals surface area (Å²) in [7, 11) is 0. The fourth-order valence-electron chi connectivity index (χ4n) is 1.04. The molecule has 1 aliphatic rings. The predicted molar refractivity (Wildman–Crippen MR) is 39.4 cm³/mol. The van der Waals surface area contributed by atoms with E-state index < -0.39 is 0 Å². The average Bonchev–Trinajstić information content (AvgIpc) is 2.33. The number of thiophene rings is 1. The van der Waals surface area contributed by atoms with Gasteiger partial charge in [0.15, 0.2) is 0 Å². The Labute approximate surface area is 58.7 Å². The summed E-state index contributed by atoms with van der Waals surface area (Å²) >= 11 is 1.83. The molecule has 0 unspecified atom stereocenters. The van der Waals surface area contributed by atoms with Crippen LogP contribution in [-0.2, 0) is 6.54 Å². The lowest BCUT2D eigenvalue weighted by atomic mass is 10.1. The molecule has 1 aliphatic heterocycles. The van der Waals surface area contributed by atoms with Gasteiger partial charge < -0.3 is 5.32 Å². The monoisotopic (exact) mass is 138 g/mol. The molecular formula is C7H8NS. The van der Waals surface area contributed by atoms with Crippen LogP contribution in [-0.4, -0.2) is 6.54 Å². The Hall–Kier alpha value is -0.340. The molecule has 0 atom stereocenters. The summed E-state index contributed by atoms with van der Waals surface area (Å²) in [6, 6.07) is 2.18. The fourth-order valence-corrected chi connectivity index (χ4v) is 1.90. The van der Waals surface area contributed by atoms with Crippen molar-refractivity contribution in [1.82, 2.24) is 5.32 Å². The third-order valence-electron chi connectivity index (χ3n) is 1.53. The molecule has 0 bridgehead atoms. The van der Waals surface area contributed by atoms with Crippen LogP contribution in [0.5, 0.6) is 0 Å². The molecule has 0 aliphatic carbocycles. The molecule has 1 radical (unpaired) electrons. The summed E-state index contributed by atoms with van der Waals surface area (Å²) in [5, 5.41) is 5.43. The van der Waals surface area contributed by atoms with Crippen LogP contribution in [0.3, 0.4) is 0 Å². The highest BCUT2D eigenvalue weighted by Crippen LogP contribution is 2.20. The predicted octanol–water partition coefficient (Wildman–Crippen LogP) is 1.40. The Morgan fingerprint density at radius 2 is 2.56 bits per heavy atom. The molecule has 1 aromatic rings. The van der Waals surface area contributed by atoms with Gasteiger partial charge in [0.1, 0.15) is 0 Å². The lowest BCUT2D eigenvalue weighted by molar-refractivity contribution is 0.722. The number of rotatable bonds is 0. The first kappa shape index (κ1) is 5.45. The van der Waals surface area contributed by atoms with E-state index in [1.54, 1.807) is 0 Å². The molecule has 2 rings (SSSR count). The Kier molecular flexibility index (Phi) is 1.28. The van der Waals surface area contributed by atoms with Crippen molar-refractivity contribution in [3.63, 3.8) is 0 Å². The van der Waals surface area contributed by atoms with Gasteiger partial charge in [-0.25, -0.2) is 0 Å². The van der Waals surface area contributed by atoms with E-state index in [1.165, 1.54) is 10.4 Å². The summed E-state index contributed by atoms with van der Waals surface area (Å²) < 4.78 is 0. The molecule has 1 nitrogen and oxygen atoms in total. The summed E-state index contributed by atoms with van der Waals surface area (Å²) in [5.41, 5.74) is 1.43. The second-order valence-electron chi connectivity index (χ2n) is 2.13. The van der Waals surface area contributed by atoms with Gasteiger partial charge in [-0.2, -0.15) is 0 Å². The number of hydrogen-bond donors (Lipinski definition) is 1. The Morgan fingerprint density at radius 3 is 3.44 bits per heavy atom. The van der Waals surface area contributed by atoms with Crippen LogP contribution in [0, 0.1) is 6.42 Å². The summed E-state index contributed by atoms with van der Waals surface area (Å²) in [4.78, 5) is 1.47. The molecular weight excluding hydrogens is 130 g/mol. The third-order valence-corrected chi connectivity index (χ3v) is 2.47. The number of nitrogens with one attached hydrogen (secondary N) is 1. The van der Waals surface area contributed by atoms with E-state index in [1.807, 2.05) is 11.3 Å². The van der Waals surface area contributed by atoms with Crippen LogP contribution in [0.2, 0.25) is 0 Å². The van der Waals surface area contributed by atoms with Crippen molar-refractivity contribution in [2.45, 2.75) is 6.54 Å². The van der Waals surface area contributed by atoms with Crippen molar-refractivity contribution >= 4 is 11.3 Å². The molecule has 1 aromatic heterocycles. The van der Waals surface area contributed by atoms with Crippen LogP contribution < -0.4 is 5.32 Å². The van der Waals surface area contributed by atoms with E-state index >= 15 is 0 Å². The van der Waals surface area contributed by atoms with Crippen molar-refractivity contribution in [3.05, 3.63) is 28.3 Å². The number of hydrogen-bond acceptors (Lipinski definition) is 2. The van der Waals surface area contributed by atoms with Gasteiger partial charge in [-0.05, 0) is 17.0 Å². The van der Waals surface area contributed by atoms with Crippen molar-refractivity contribution in [2.75, 3.05) is 6.54 Å². The summed E-state index contributed by atoms with van der Waals surface area (Å²) in [6.45, 7) is 2.09. The van der Waals surface area contributed by atoms with Crippen LogP contribution in [0.15, 0.2) is 11.4 Å². The lowest BCUT2D eigenvalue weighted by Crippen LogP contribution is -2.20. The Morgan fingerprint density at radius 1 is 1.56 bits per heavy atom. The zero-order valence-corrected chi connectivity index (χ0v) is 5.87. The minimum atomic E-state index is 1.03. The highest BCUT2D eigenvalue weighted by Gasteiger charge is 2.07. The molecule has 2 heteroatoms. The second kappa shape index (κ2) is 2.12. The van der Waals surface area contributed by atoms with E-state index in [4.69, 9.17) is 0 Å². The van der Waals surface area contributed by atoms with Crippen molar-refractivity contribution in [1.29, 1.82) is 0 Å². The quantitative estimate of drug-likeness (QED) is 0.571. The smallest absolute Gasteiger partial charge is 0.0302 e. The van der Waals surface area contributed by atoms with Gasteiger partial charge in [0.2, 0.25) is 0 Å². The fraction of sp³-hybridized carbons (Fsp3) is 0.286. The Bertz CT molecular complexity index is 184. The molecule has 47 valence electrons. The first-order valence-electron chi connectivity index (χ1n) is 3.07. The van der Waals surface area contributed by atoms with Gasteiger partial charge in [0, 0.05) is 24.4 Å². The molecule has 0 saturated carbocycles. The highest BCUT2D eigenvalue weighted by molar-refractivity contribution is 7.10. The maximum absolute atomic E-state index is 3.28.